The number of unbranched alkanes of at least 4 members (excludes halogenated alkanes) is 1. The Morgan fingerprint density at radius 2 is 2.00 bits per heavy atom. The second-order valence-corrected chi connectivity index (χ2v) is 5.79. The quantitative estimate of drug-likeness (QED) is 0.727. The molecular formula is C14H27N3O2. The lowest BCUT2D eigenvalue weighted by Crippen LogP contribution is -2.54. The van der Waals surface area contributed by atoms with Crippen molar-refractivity contribution >= 4 is 11.8 Å². The zero-order valence-corrected chi connectivity index (χ0v) is 12.7. The van der Waals surface area contributed by atoms with E-state index in [1.807, 2.05) is 32.8 Å². The second kappa shape index (κ2) is 6.89. The number of hydrogen-bond acceptors (Lipinski definition) is 3. The van der Waals surface area contributed by atoms with Crippen LogP contribution in [0.15, 0.2) is 0 Å². The van der Waals surface area contributed by atoms with Crippen molar-refractivity contribution in [3.8, 4) is 0 Å². The van der Waals surface area contributed by atoms with Crippen LogP contribution in [-0.4, -0.2) is 60.9 Å². The van der Waals surface area contributed by atoms with E-state index >= 15 is 0 Å². The van der Waals surface area contributed by atoms with Gasteiger partial charge in [0, 0.05) is 19.5 Å². The molecule has 0 bridgehead atoms. The summed E-state index contributed by atoms with van der Waals surface area (Å²) in [5, 5.41) is 2.85. The van der Waals surface area contributed by atoms with Gasteiger partial charge in [0.15, 0.2) is 0 Å². The highest BCUT2D eigenvalue weighted by atomic mass is 16.2. The summed E-state index contributed by atoms with van der Waals surface area (Å²) in [5.41, 5.74) is -0.727. The summed E-state index contributed by atoms with van der Waals surface area (Å²) < 4.78 is 0. The van der Waals surface area contributed by atoms with E-state index in [9.17, 15) is 9.59 Å². The molecule has 0 spiro atoms. The third-order valence-electron chi connectivity index (χ3n) is 3.77. The van der Waals surface area contributed by atoms with Crippen LogP contribution >= 0.6 is 0 Å². The summed E-state index contributed by atoms with van der Waals surface area (Å²) in [4.78, 5) is 28.1. The van der Waals surface area contributed by atoms with Crippen LogP contribution in [0.3, 0.4) is 0 Å². The predicted octanol–water partition coefficient (Wildman–Crippen LogP) is 0.845. The molecule has 2 amide bonds. The molecule has 1 rings (SSSR count). The van der Waals surface area contributed by atoms with Gasteiger partial charge in [0.25, 0.3) is 0 Å². The van der Waals surface area contributed by atoms with E-state index in [1.165, 1.54) is 0 Å². The first kappa shape index (κ1) is 16.0. The van der Waals surface area contributed by atoms with E-state index in [2.05, 4.69) is 10.2 Å². The van der Waals surface area contributed by atoms with Gasteiger partial charge in [-0.05, 0) is 46.8 Å². The van der Waals surface area contributed by atoms with Crippen LogP contribution in [0.5, 0.6) is 0 Å². The molecule has 1 atom stereocenters. The van der Waals surface area contributed by atoms with Crippen molar-refractivity contribution < 1.29 is 9.59 Å². The van der Waals surface area contributed by atoms with Crippen molar-refractivity contribution in [3.63, 3.8) is 0 Å². The highest BCUT2D eigenvalue weighted by Gasteiger charge is 2.38. The Morgan fingerprint density at radius 3 is 2.58 bits per heavy atom. The van der Waals surface area contributed by atoms with E-state index in [0.717, 1.165) is 25.9 Å². The van der Waals surface area contributed by atoms with Crippen molar-refractivity contribution in [1.82, 2.24) is 15.1 Å². The molecule has 1 aliphatic rings. The van der Waals surface area contributed by atoms with Gasteiger partial charge in [-0.25, -0.2) is 0 Å². The summed E-state index contributed by atoms with van der Waals surface area (Å²) in [5.74, 6) is 0.0409. The fourth-order valence-corrected chi connectivity index (χ4v) is 2.29. The zero-order chi connectivity index (χ0) is 14.5. The number of nitrogens with zero attached hydrogens (tertiary/aromatic N) is 2. The number of rotatable bonds is 6. The molecule has 5 nitrogen and oxygen atoms in total. The molecule has 1 saturated heterocycles. The van der Waals surface area contributed by atoms with Gasteiger partial charge in [0.2, 0.25) is 11.8 Å². The smallest absolute Gasteiger partial charge is 0.248 e. The third kappa shape index (κ3) is 4.49. The van der Waals surface area contributed by atoms with Crippen LogP contribution in [0.1, 0.15) is 39.5 Å². The average molecular weight is 269 g/mol. The zero-order valence-electron chi connectivity index (χ0n) is 12.7. The monoisotopic (exact) mass is 269 g/mol. The number of carbonyl (C=O) groups excluding carboxylic acids is 2. The maximum absolute atomic E-state index is 12.5. The fourth-order valence-electron chi connectivity index (χ4n) is 2.29. The predicted molar refractivity (Wildman–Crippen MR) is 75.8 cm³/mol. The second-order valence-electron chi connectivity index (χ2n) is 5.79. The van der Waals surface area contributed by atoms with Gasteiger partial charge in [-0.3, -0.25) is 9.59 Å². The topological polar surface area (TPSA) is 52.7 Å². The summed E-state index contributed by atoms with van der Waals surface area (Å²) >= 11 is 0. The first-order valence-corrected chi connectivity index (χ1v) is 7.14. The minimum absolute atomic E-state index is 0.0199. The summed E-state index contributed by atoms with van der Waals surface area (Å²) in [6.07, 6.45) is 3.10. The molecule has 5 heteroatoms. The Balaban J connectivity index is 2.56. The highest BCUT2D eigenvalue weighted by molar-refractivity contribution is 5.93. The summed E-state index contributed by atoms with van der Waals surface area (Å²) in [7, 11) is 4.10. The van der Waals surface area contributed by atoms with Gasteiger partial charge in [0.05, 0.1) is 0 Å². The fraction of sp³-hybridized carbons (Fsp3) is 0.857. The summed E-state index contributed by atoms with van der Waals surface area (Å²) in [6.45, 7) is 6.09. The SMILES string of the molecule is CCC1(C)NC(=O)CCN(CCCCN(C)C)C1=O. The van der Waals surface area contributed by atoms with E-state index in [-0.39, 0.29) is 11.8 Å². The van der Waals surface area contributed by atoms with Gasteiger partial charge in [-0.1, -0.05) is 6.92 Å². The Bertz CT molecular complexity index is 331. The van der Waals surface area contributed by atoms with Crippen LogP contribution in [-0.2, 0) is 9.59 Å². The Morgan fingerprint density at radius 1 is 1.32 bits per heavy atom. The molecule has 0 aliphatic carbocycles. The highest BCUT2D eigenvalue weighted by Crippen LogP contribution is 2.18. The van der Waals surface area contributed by atoms with Gasteiger partial charge in [0.1, 0.15) is 5.54 Å². The van der Waals surface area contributed by atoms with Gasteiger partial charge >= 0.3 is 0 Å². The average Bonchev–Trinajstić information content (AvgIpc) is 2.45. The molecule has 0 saturated carbocycles. The van der Waals surface area contributed by atoms with E-state index in [0.29, 0.717) is 19.4 Å². The van der Waals surface area contributed by atoms with Crippen LogP contribution in [0.4, 0.5) is 0 Å². The molecule has 0 aromatic carbocycles. The lowest BCUT2D eigenvalue weighted by Gasteiger charge is -2.31. The van der Waals surface area contributed by atoms with Crippen LogP contribution < -0.4 is 5.32 Å². The number of hydrogen-bond donors (Lipinski definition) is 1. The van der Waals surface area contributed by atoms with Crippen LogP contribution in [0.2, 0.25) is 0 Å². The lowest BCUT2D eigenvalue weighted by molar-refractivity contribution is -0.138. The molecule has 110 valence electrons. The molecule has 1 aliphatic heterocycles. The molecule has 0 radical (unpaired) electrons. The standard InChI is InChI=1S/C14H27N3O2/c1-5-14(2)13(19)17(11-8-12(18)15-14)10-7-6-9-16(3)4/h5-11H2,1-4H3,(H,15,18). The Hall–Kier alpha value is -1.10. The summed E-state index contributed by atoms with van der Waals surface area (Å²) in [6, 6.07) is 0. The van der Waals surface area contributed by atoms with Gasteiger partial charge in [-0.15, -0.1) is 0 Å². The van der Waals surface area contributed by atoms with Gasteiger partial charge in [-0.2, -0.15) is 0 Å². The minimum Gasteiger partial charge on any atom is -0.342 e. The lowest BCUT2D eigenvalue weighted by atomic mass is 9.97. The molecule has 1 heterocycles. The van der Waals surface area contributed by atoms with Crippen molar-refractivity contribution in [1.29, 1.82) is 0 Å². The van der Waals surface area contributed by atoms with Crippen molar-refractivity contribution in [2.75, 3.05) is 33.7 Å². The number of carbonyl (C=O) groups is 2. The molecule has 19 heavy (non-hydrogen) atoms. The maximum Gasteiger partial charge on any atom is 0.248 e. The first-order chi connectivity index (χ1) is 8.89. The van der Waals surface area contributed by atoms with Crippen LogP contribution in [0, 0.1) is 0 Å². The van der Waals surface area contributed by atoms with E-state index in [4.69, 9.17) is 0 Å². The molecule has 1 fully saturated rings. The van der Waals surface area contributed by atoms with Crippen molar-refractivity contribution in [2.45, 2.75) is 45.1 Å². The van der Waals surface area contributed by atoms with E-state index in [1.54, 1.807) is 0 Å². The molecule has 1 N–H and O–H groups in total. The third-order valence-corrected chi connectivity index (χ3v) is 3.77. The van der Waals surface area contributed by atoms with Crippen molar-refractivity contribution in [2.24, 2.45) is 0 Å². The largest absolute Gasteiger partial charge is 0.342 e. The Labute approximate surface area is 116 Å². The normalized spacial score (nSPS) is 24.6. The molecule has 1 unspecified atom stereocenters. The number of nitrogens with one attached hydrogen (secondary N) is 1. The van der Waals surface area contributed by atoms with Crippen molar-refractivity contribution in [3.05, 3.63) is 0 Å². The van der Waals surface area contributed by atoms with Crippen LogP contribution in [0.25, 0.3) is 0 Å². The Kier molecular flexibility index (Phi) is 5.79. The molecule has 0 aromatic rings. The number of amides is 2. The molecule has 0 aromatic heterocycles. The maximum atomic E-state index is 12.5. The molecular weight excluding hydrogens is 242 g/mol. The van der Waals surface area contributed by atoms with E-state index < -0.39 is 5.54 Å². The first-order valence-electron chi connectivity index (χ1n) is 7.14. The van der Waals surface area contributed by atoms with Gasteiger partial charge < -0.3 is 15.1 Å². The minimum atomic E-state index is -0.727.